The maximum absolute atomic E-state index is 11.1. The monoisotopic (exact) mass is 246 g/mol. The average Bonchev–Trinajstić information content (AvgIpc) is 2.66. The van der Waals surface area contributed by atoms with E-state index < -0.39 is 5.79 Å². The van der Waals surface area contributed by atoms with Crippen molar-refractivity contribution in [3.8, 4) is 11.5 Å². The quantitative estimate of drug-likeness (QED) is 0.803. The fourth-order valence-corrected chi connectivity index (χ4v) is 2.83. The Morgan fingerprint density at radius 3 is 2.61 bits per heavy atom. The Labute approximate surface area is 107 Å². The maximum Gasteiger partial charge on any atom is 0.251 e. The van der Waals surface area contributed by atoms with Crippen molar-refractivity contribution in [3.63, 3.8) is 0 Å². The van der Waals surface area contributed by atoms with Crippen LogP contribution in [0, 0.1) is 0 Å². The molecule has 96 valence electrons. The predicted molar refractivity (Wildman–Crippen MR) is 67.9 cm³/mol. The van der Waals surface area contributed by atoms with Gasteiger partial charge in [0, 0.05) is 19.3 Å². The van der Waals surface area contributed by atoms with E-state index in [0.717, 1.165) is 42.7 Å². The van der Waals surface area contributed by atoms with Gasteiger partial charge in [0.1, 0.15) is 5.78 Å². The summed E-state index contributed by atoms with van der Waals surface area (Å²) < 4.78 is 12.0. The zero-order valence-electron chi connectivity index (χ0n) is 10.7. The molecule has 3 rings (SSSR count). The molecule has 1 aliphatic carbocycles. The highest BCUT2D eigenvalue weighted by atomic mass is 16.7. The predicted octanol–water partition coefficient (Wildman–Crippen LogP) is 3.25. The van der Waals surface area contributed by atoms with Gasteiger partial charge >= 0.3 is 0 Å². The Hall–Kier alpha value is -1.51. The van der Waals surface area contributed by atoms with Gasteiger partial charge in [-0.3, -0.25) is 4.79 Å². The lowest BCUT2D eigenvalue weighted by atomic mass is 9.94. The van der Waals surface area contributed by atoms with Gasteiger partial charge in [-0.2, -0.15) is 0 Å². The molecule has 18 heavy (non-hydrogen) atoms. The van der Waals surface area contributed by atoms with Gasteiger partial charge in [0.2, 0.25) is 0 Å². The first-order chi connectivity index (χ1) is 8.67. The van der Waals surface area contributed by atoms with Crippen molar-refractivity contribution in [3.05, 3.63) is 23.8 Å². The van der Waals surface area contributed by atoms with Crippen LogP contribution in [0.5, 0.6) is 11.5 Å². The van der Waals surface area contributed by atoms with Crippen LogP contribution in [0.3, 0.4) is 0 Å². The van der Waals surface area contributed by atoms with E-state index in [1.54, 1.807) is 6.92 Å². The topological polar surface area (TPSA) is 35.5 Å². The fraction of sp³-hybridized carbons (Fsp3) is 0.533. The molecule has 1 aliphatic heterocycles. The second-order valence-corrected chi connectivity index (χ2v) is 5.34. The lowest BCUT2D eigenvalue weighted by Gasteiger charge is -2.31. The van der Waals surface area contributed by atoms with E-state index in [9.17, 15) is 4.79 Å². The van der Waals surface area contributed by atoms with Crippen molar-refractivity contribution in [2.45, 2.75) is 51.2 Å². The molecule has 0 saturated heterocycles. The Balaban J connectivity index is 1.82. The molecule has 0 N–H and O–H groups in total. The third-order valence-electron chi connectivity index (χ3n) is 3.67. The van der Waals surface area contributed by atoms with Gasteiger partial charge in [0.25, 0.3) is 5.79 Å². The Bertz CT molecular complexity index is 473. The molecule has 1 spiro atoms. The van der Waals surface area contributed by atoms with Gasteiger partial charge in [-0.25, -0.2) is 0 Å². The minimum Gasteiger partial charge on any atom is -0.448 e. The van der Waals surface area contributed by atoms with Crippen molar-refractivity contribution in [2.24, 2.45) is 0 Å². The zero-order valence-corrected chi connectivity index (χ0v) is 10.7. The third kappa shape index (κ3) is 2.09. The van der Waals surface area contributed by atoms with Gasteiger partial charge in [0.15, 0.2) is 11.5 Å². The molecule has 0 amide bonds. The summed E-state index contributed by atoms with van der Waals surface area (Å²) in [6.45, 7) is 1.60. The van der Waals surface area contributed by atoms with Gasteiger partial charge in [-0.05, 0) is 37.5 Å². The number of hydrogen-bond donors (Lipinski definition) is 0. The van der Waals surface area contributed by atoms with Crippen LogP contribution in [0.4, 0.5) is 0 Å². The van der Waals surface area contributed by atoms with Crippen molar-refractivity contribution in [1.82, 2.24) is 0 Å². The molecule has 0 aromatic heterocycles. The second-order valence-electron chi connectivity index (χ2n) is 5.34. The molecule has 1 aromatic rings. The van der Waals surface area contributed by atoms with Gasteiger partial charge in [-0.1, -0.05) is 12.5 Å². The molecule has 0 bridgehead atoms. The average molecular weight is 246 g/mol. The highest BCUT2D eigenvalue weighted by Crippen LogP contribution is 2.45. The van der Waals surface area contributed by atoms with E-state index in [2.05, 4.69) is 0 Å². The molecule has 2 aliphatic rings. The molecule has 0 radical (unpaired) electrons. The zero-order chi connectivity index (χ0) is 12.6. The lowest BCUT2D eigenvalue weighted by Crippen LogP contribution is -2.40. The standard InChI is InChI=1S/C15H18O3/c1-11(16)9-12-5-6-13-14(10-12)18-15(17-13)7-3-2-4-8-15/h5-6,10H,2-4,7-9H2,1H3. The lowest BCUT2D eigenvalue weighted by molar-refractivity contribution is -0.116. The van der Waals surface area contributed by atoms with Crippen molar-refractivity contribution in [2.75, 3.05) is 0 Å². The number of fused-ring (bicyclic) bond motifs is 1. The summed E-state index contributed by atoms with van der Waals surface area (Å²) in [5.74, 6) is 1.37. The largest absolute Gasteiger partial charge is 0.448 e. The van der Waals surface area contributed by atoms with E-state index in [4.69, 9.17) is 9.47 Å². The van der Waals surface area contributed by atoms with Crippen molar-refractivity contribution in [1.29, 1.82) is 0 Å². The molecule has 1 heterocycles. The van der Waals surface area contributed by atoms with Crippen LogP contribution in [0.15, 0.2) is 18.2 Å². The summed E-state index contributed by atoms with van der Waals surface area (Å²) in [6.07, 6.45) is 5.97. The maximum atomic E-state index is 11.1. The molecule has 3 heteroatoms. The molecule has 1 saturated carbocycles. The summed E-state index contributed by atoms with van der Waals surface area (Å²) in [5.41, 5.74) is 0.998. The van der Waals surface area contributed by atoms with Crippen LogP contribution in [0.2, 0.25) is 0 Å². The number of carbonyl (C=O) groups excluding carboxylic acids is 1. The van der Waals surface area contributed by atoms with E-state index in [-0.39, 0.29) is 5.78 Å². The molecule has 1 fully saturated rings. The highest BCUT2D eigenvalue weighted by molar-refractivity contribution is 5.78. The summed E-state index contributed by atoms with van der Waals surface area (Å²) in [6, 6.07) is 5.82. The van der Waals surface area contributed by atoms with Crippen LogP contribution in [-0.4, -0.2) is 11.6 Å². The van der Waals surface area contributed by atoms with Gasteiger partial charge in [-0.15, -0.1) is 0 Å². The Morgan fingerprint density at radius 2 is 1.89 bits per heavy atom. The van der Waals surface area contributed by atoms with Crippen LogP contribution >= 0.6 is 0 Å². The van der Waals surface area contributed by atoms with Crippen LogP contribution < -0.4 is 9.47 Å². The summed E-state index contributed by atoms with van der Waals surface area (Å²) in [5, 5.41) is 0. The van der Waals surface area contributed by atoms with Crippen molar-refractivity contribution >= 4 is 5.78 Å². The third-order valence-corrected chi connectivity index (χ3v) is 3.67. The Kier molecular flexibility index (Phi) is 2.77. The molecule has 0 atom stereocenters. The molecular weight excluding hydrogens is 228 g/mol. The minimum absolute atomic E-state index is 0.168. The number of ether oxygens (including phenoxy) is 2. The Morgan fingerprint density at radius 1 is 1.17 bits per heavy atom. The van der Waals surface area contributed by atoms with Gasteiger partial charge < -0.3 is 9.47 Å². The second kappa shape index (κ2) is 4.30. The SMILES string of the molecule is CC(=O)Cc1ccc2c(c1)OC1(CCCCC1)O2. The normalized spacial score (nSPS) is 20.1. The van der Waals surface area contributed by atoms with E-state index in [1.165, 1.54) is 6.42 Å². The number of carbonyl (C=O) groups is 1. The van der Waals surface area contributed by atoms with Gasteiger partial charge in [0.05, 0.1) is 0 Å². The van der Waals surface area contributed by atoms with Crippen LogP contribution in [0.1, 0.15) is 44.6 Å². The number of benzene rings is 1. The van der Waals surface area contributed by atoms with E-state index >= 15 is 0 Å². The summed E-state index contributed by atoms with van der Waals surface area (Å²) in [7, 11) is 0. The summed E-state index contributed by atoms with van der Waals surface area (Å²) >= 11 is 0. The first kappa shape index (κ1) is 11.6. The highest BCUT2D eigenvalue weighted by Gasteiger charge is 2.42. The number of rotatable bonds is 2. The fourth-order valence-electron chi connectivity index (χ4n) is 2.83. The number of Topliss-reactive ketones (excluding diaryl/α,β-unsaturated/α-hetero) is 1. The molecule has 0 unspecified atom stereocenters. The number of hydrogen-bond acceptors (Lipinski definition) is 3. The smallest absolute Gasteiger partial charge is 0.251 e. The first-order valence-electron chi connectivity index (χ1n) is 6.67. The molecular formula is C15H18O3. The van der Waals surface area contributed by atoms with Crippen LogP contribution in [0.25, 0.3) is 0 Å². The van der Waals surface area contributed by atoms with Crippen molar-refractivity contribution < 1.29 is 14.3 Å². The van der Waals surface area contributed by atoms with E-state index in [1.807, 2.05) is 18.2 Å². The summed E-state index contributed by atoms with van der Waals surface area (Å²) in [4.78, 5) is 11.1. The number of ketones is 1. The minimum atomic E-state index is -0.421. The van der Waals surface area contributed by atoms with Crippen LogP contribution in [-0.2, 0) is 11.2 Å². The molecule has 3 nitrogen and oxygen atoms in total. The van der Waals surface area contributed by atoms with E-state index in [0.29, 0.717) is 6.42 Å². The molecule has 1 aromatic carbocycles. The first-order valence-corrected chi connectivity index (χ1v) is 6.67.